The van der Waals surface area contributed by atoms with Crippen LogP contribution in [0.3, 0.4) is 0 Å². The molecule has 0 unspecified atom stereocenters. The number of hydrogen-bond acceptors (Lipinski definition) is 4. The Morgan fingerprint density at radius 3 is 2.62 bits per heavy atom. The molecule has 0 amide bonds. The second kappa shape index (κ2) is 11.6. The van der Waals surface area contributed by atoms with Gasteiger partial charge in [-0.05, 0) is 66.3 Å². The summed E-state index contributed by atoms with van der Waals surface area (Å²) in [6.45, 7) is 0.470. The zero-order valence-electron chi connectivity index (χ0n) is 17.2. The molecule has 5 nitrogen and oxygen atoms in total. The van der Waals surface area contributed by atoms with Gasteiger partial charge in [-0.25, -0.2) is 4.79 Å². The number of carboxylic acids is 1. The first-order valence-corrected chi connectivity index (χ1v) is 10.4. The van der Waals surface area contributed by atoms with Crippen LogP contribution in [0.2, 0.25) is 5.02 Å². The zero-order valence-corrected chi connectivity index (χ0v) is 19.6. The molecule has 1 aromatic heterocycles. The predicted molar refractivity (Wildman–Crippen MR) is 131 cm³/mol. The average molecular weight is 496 g/mol. The Morgan fingerprint density at radius 1 is 1.12 bits per heavy atom. The van der Waals surface area contributed by atoms with Gasteiger partial charge in [0.1, 0.15) is 0 Å². The number of nitrogens with one attached hydrogen (secondary N) is 1. The zero-order chi connectivity index (χ0) is 21.1. The van der Waals surface area contributed by atoms with Crippen LogP contribution in [0.4, 0.5) is 0 Å². The van der Waals surface area contributed by atoms with E-state index in [1.807, 2.05) is 18.2 Å². The van der Waals surface area contributed by atoms with Crippen LogP contribution in [-0.2, 0) is 12.8 Å². The van der Waals surface area contributed by atoms with Crippen molar-refractivity contribution in [1.82, 2.24) is 10.3 Å². The lowest BCUT2D eigenvalue weighted by atomic mass is 9.86. The van der Waals surface area contributed by atoms with Gasteiger partial charge in [0.25, 0.3) is 0 Å². The second-order valence-corrected chi connectivity index (χ2v) is 8.08. The second-order valence-electron chi connectivity index (χ2n) is 7.64. The fourth-order valence-electron chi connectivity index (χ4n) is 3.89. The summed E-state index contributed by atoms with van der Waals surface area (Å²) in [4.78, 5) is 15.3. The number of nitrogens with zero attached hydrogens (tertiary/aromatic N) is 1. The van der Waals surface area contributed by atoms with E-state index in [1.54, 1.807) is 24.3 Å². The highest BCUT2D eigenvalue weighted by atomic mass is 35.5. The molecule has 0 bridgehead atoms. The monoisotopic (exact) mass is 494 g/mol. The number of pyridine rings is 1. The van der Waals surface area contributed by atoms with E-state index in [9.17, 15) is 9.90 Å². The van der Waals surface area contributed by atoms with E-state index in [-0.39, 0.29) is 36.4 Å². The molecule has 2 aromatic carbocycles. The van der Waals surface area contributed by atoms with Crippen molar-refractivity contribution in [2.24, 2.45) is 0 Å². The van der Waals surface area contributed by atoms with E-state index in [4.69, 9.17) is 16.7 Å². The molecule has 1 heterocycles. The van der Waals surface area contributed by atoms with Crippen molar-refractivity contribution < 1.29 is 15.0 Å². The van der Waals surface area contributed by atoms with Crippen molar-refractivity contribution in [3.05, 3.63) is 88.1 Å². The van der Waals surface area contributed by atoms with Crippen molar-refractivity contribution in [2.75, 3.05) is 6.54 Å². The number of halogens is 3. The Bertz CT molecular complexity index is 1060. The van der Waals surface area contributed by atoms with Crippen LogP contribution in [0, 0.1) is 0 Å². The first kappa shape index (κ1) is 26.1. The standard InChI is InChI=1S/C24H23ClN2O3.2ClH/c25-20-3-1-2-17(11-20)23(28)14-26-21-8-6-15-4-5-16(10-19(15)12-21)22-9-7-18(13-27-22)24(29)30;;/h1-5,7,9-11,13,21,23,26,28H,6,8,12,14H2,(H,29,30);2*1H/t21-,23-;;/m0../s1. The van der Waals surface area contributed by atoms with Crippen LogP contribution < -0.4 is 5.32 Å². The molecule has 1 aliphatic rings. The normalized spacial score (nSPS) is 15.6. The minimum absolute atomic E-state index is 0. The fraction of sp³-hybridized carbons (Fsp3) is 0.250. The molecule has 2 atom stereocenters. The van der Waals surface area contributed by atoms with Gasteiger partial charge in [-0.3, -0.25) is 4.98 Å². The number of aryl methyl sites for hydroxylation is 1. The lowest BCUT2D eigenvalue weighted by molar-refractivity contribution is 0.0696. The maximum Gasteiger partial charge on any atom is 0.337 e. The minimum Gasteiger partial charge on any atom is -0.478 e. The predicted octanol–water partition coefficient (Wildman–Crippen LogP) is 5.12. The minimum atomic E-state index is -0.978. The lowest BCUT2D eigenvalue weighted by Gasteiger charge is -2.27. The molecule has 0 radical (unpaired) electrons. The molecule has 0 spiro atoms. The maximum absolute atomic E-state index is 11.0. The number of rotatable bonds is 6. The van der Waals surface area contributed by atoms with Crippen molar-refractivity contribution in [1.29, 1.82) is 0 Å². The fourth-order valence-corrected chi connectivity index (χ4v) is 4.09. The number of aromatic nitrogens is 1. The van der Waals surface area contributed by atoms with Crippen LogP contribution in [0.5, 0.6) is 0 Å². The number of aromatic carboxylic acids is 1. The number of benzene rings is 2. The molecular weight excluding hydrogens is 471 g/mol. The third kappa shape index (κ3) is 6.21. The average Bonchev–Trinajstić information content (AvgIpc) is 2.77. The first-order valence-electron chi connectivity index (χ1n) is 9.98. The Kier molecular flexibility index (Phi) is 9.49. The molecule has 3 N–H and O–H groups in total. The summed E-state index contributed by atoms with van der Waals surface area (Å²) in [5.74, 6) is -0.978. The molecule has 0 saturated carbocycles. The summed E-state index contributed by atoms with van der Waals surface area (Å²) in [5, 5.41) is 23.6. The Hall–Kier alpha value is -2.15. The lowest BCUT2D eigenvalue weighted by Crippen LogP contribution is -2.37. The highest BCUT2D eigenvalue weighted by molar-refractivity contribution is 6.30. The molecule has 0 fully saturated rings. The molecule has 4 rings (SSSR count). The molecular formula is C24H25Cl3N2O3. The van der Waals surface area contributed by atoms with Crippen LogP contribution in [-0.4, -0.2) is 33.8 Å². The number of fused-ring (bicyclic) bond motifs is 1. The van der Waals surface area contributed by atoms with E-state index >= 15 is 0 Å². The summed E-state index contributed by atoms with van der Waals surface area (Å²) in [6.07, 6.45) is 3.65. The largest absolute Gasteiger partial charge is 0.478 e. The number of aliphatic hydroxyl groups is 1. The van der Waals surface area contributed by atoms with E-state index in [0.717, 1.165) is 36.1 Å². The molecule has 0 aliphatic heterocycles. The van der Waals surface area contributed by atoms with Gasteiger partial charge in [0.15, 0.2) is 0 Å². The number of hydrogen-bond donors (Lipinski definition) is 3. The van der Waals surface area contributed by atoms with E-state index < -0.39 is 12.1 Å². The summed E-state index contributed by atoms with van der Waals surface area (Å²) in [6, 6.07) is 17.2. The summed E-state index contributed by atoms with van der Waals surface area (Å²) < 4.78 is 0. The van der Waals surface area contributed by atoms with Crippen molar-refractivity contribution in [3.8, 4) is 11.3 Å². The van der Waals surface area contributed by atoms with Crippen LogP contribution in [0.15, 0.2) is 60.8 Å². The van der Waals surface area contributed by atoms with Crippen molar-refractivity contribution in [3.63, 3.8) is 0 Å². The van der Waals surface area contributed by atoms with Gasteiger partial charge in [0.05, 0.1) is 17.4 Å². The van der Waals surface area contributed by atoms with Gasteiger partial charge in [-0.2, -0.15) is 0 Å². The number of carbonyl (C=O) groups is 1. The van der Waals surface area contributed by atoms with Crippen molar-refractivity contribution in [2.45, 2.75) is 31.4 Å². The third-order valence-corrected chi connectivity index (χ3v) is 5.81. The highest BCUT2D eigenvalue weighted by Crippen LogP contribution is 2.27. The number of carboxylic acid groups (broad SMARTS) is 1. The molecule has 170 valence electrons. The Labute approximate surface area is 204 Å². The quantitative estimate of drug-likeness (QED) is 0.442. The van der Waals surface area contributed by atoms with Gasteiger partial charge < -0.3 is 15.5 Å². The molecule has 3 aromatic rings. The first-order chi connectivity index (χ1) is 14.5. The van der Waals surface area contributed by atoms with Gasteiger partial charge >= 0.3 is 5.97 Å². The molecule has 32 heavy (non-hydrogen) atoms. The summed E-state index contributed by atoms with van der Waals surface area (Å²) >= 11 is 6.02. The van der Waals surface area contributed by atoms with Gasteiger partial charge in [-0.15, -0.1) is 24.8 Å². The number of aliphatic hydroxyl groups excluding tert-OH is 1. The topological polar surface area (TPSA) is 82.5 Å². The van der Waals surface area contributed by atoms with Crippen LogP contribution in [0.25, 0.3) is 11.3 Å². The molecule has 0 saturated heterocycles. The third-order valence-electron chi connectivity index (χ3n) is 5.57. The smallest absolute Gasteiger partial charge is 0.337 e. The van der Waals surface area contributed by atoms with Gasteiger partial charge in [-0.1, -0.05) is 35.9 Å². The van der Waals surface area contributed by atoms with Crippen molar-refractivity contribution >= 4 is 42.4 Å². The van der Waals surface area contributed by atoms with E-state index in [2.05, 4.69) is 22.4 Å². The summed E-state index contributed by atoms with van der Waals surface area (Å²) in [7, 11) is 0. The van der Waals surface area contributed by atoms with Crippen LogP contribution in [0.1, 0.15) is 39.6 Å². The SMILES string of the molecule is Cl.Cl.O=C(O)c1ccc(-c2ccc3c(c2)C[C@@H](NC[C@H](O)c2cccc(Cl)c2)CC3)nc1. The Balaban J connectivity index is 0.00000181. The highest BCUT2D eigenvalue weighted by Gasteiger charge is 2.20. The van der Waals surface area contributed by atoms with Gasteiger partial charge in [0.2, 0.25) is 0 Å². The maximum atomic E-state index is 11.0. The molecule has 8 heteroatoms. The van der Waals surface area contributed by atoms with E-state index in [0.29, 0.717) is 11.6 Å². The van der Waals surface area contributed by atoms with Crippen LogP contribution >= 0.6 is 36.4 Å². The van der Waals surface area contributed by atoms with E-state index in [1.165, 1.54) is 17.3 Å². The Morgan fingerprint density at radius 2 is 1.94 bits per heavy atom. The summed E-state index contributed by atoms with van der Waals surface area (Å²) in [5.41, 5.74) is 5.31. The van der Waals surface area contributed by atoms with Gasteiger partial charge in [0, 0.05) is 29.4 Å². The molecule has 1 aliphatic carbocycles.